The van der Waals surface area contributed by atoms with E-state index in [0.29, 0.717) is 28.0 Å². The van der Waals surface area contributed by atoms with Crippen LogP contribution in [0.15, 0.2) is 48.6 Å². The number of benzene rings is 2. The lowest BCUT2D eigenvalue weighted by Gasteiger charge is -2.17. The normalized spacial score (nSPS) is 20.6. The van der Waals surface area contributed by atoms with Crippen LogP contribution in [0.25, 0.3) is 11.1 Å². The summed E-state index contributed by atoms with van der Waals surface area (Å²) in [5, 5.41) is 0. The summed E-state index contributed by atoms with van der Waals surface area (Å²) in [5.74, 6) is 0.230. The minimum Gasteiger partial charge on any atom is -0.497 e. The Hall–Kier alpha value is -2.52. The van der Waals surface area contributed by atoms with Crippen molar-refractivity contribution in [2.75, 3.05) is 7.11 Å². The zero-order valence-corrected chi connectivity index (χ0v) is 14.7. The van der Waals surface area contributed by atoms with Crippen LogP contribution in [-0.4, -0.2) is 21.0 Å². The van der Waals surface area contributed by atoms with Crippen LogP contribution < -0.4 is 8.92 Å². The molecule has 2 atom stereocenters. The van der Waals surface area contributed by atoms with Crippen LogP contribution in [-0.2, 0) is 14.9 Å². The van der Waals surface area contributed by atoms with Gasteiger partial charge in [-0.25, -0.2) is 0 Å². The molecule has 0 aliphatic carbocycles. The average Bonchev–Trinajstić information content (AvgIpc) is 3.22. The van der Waals surface area contributed by atoms with Crippen LogP contribution in [0.1, 0.15) is 23.3 Å². The fourth-order valence-corrected chi connectivity index (χ4v) is 3.63. The van der Waals surface area contributed by atoms with Gasteiger partial charge in [0.15, 0.2) is 0 Å². The Morgan fingerprint density at radius 3 is 2.30 bits per heavy atom. The van der Waals surface area contributed by atoms with Crippen molar-refractivity contribution >= 4 is 10.1 Å². The highest BCUT2D eigenvalue weighted by Gasteiger charge is 2.49. The molecule has 0 amide bonds. The van der Waals surface area contributed by atoms with E-state index in [9.17, 15) is 21.6 Å². The number of rotatable bonds is 4. The van der Waals surface area contributed by atoms with Gasteiger partial charge in [0.2, 0.25) is 0 Å². The molecule has 0 radical (unpaired) electrons. The van der Waals surface area contributed by atoms with E-state index < -0.39 is 27.8 Å². The van der Waals surface area contributed by atoms with Crippen LogP contribution in [0.3, 0.4) is 0 Å². The Morgan fingerprint density at radius 2 is 1.67 bits per heavy atom. The molecule has 2 aliphatic heterocycles. The van der Waals surface area contributed by atoms with E-state index >= 15 is 0 Å². The van der Waals surface area contributed by atoms with Crippen LogP contribution >= 0.6 is 0 Å². The molecule has 4 rings (SSSR count). The molecule has 2 unspecified atom stereocenters. The van der Waals surface area contributed by atoms with E-state index in [0.717, 1.165) is 0 Å². The molecule has 0 N–H and O–H groups in total. The molecule has 0 fully saturated rings. The molecule has 2 bridgehead atoms. The fourth-order valence-electron chi connectivity index (χ4n) is 3.16. The molecular formula is C18H13F3O5S. The zero-order chi connectivity index (χ0) is 19.4. The second kappa shape index (κ2) is 6.00. The third-order valence-corrected chi connectivity index (χ3v) is 5.39. The van der Waals surface area contributed by atoms with E-state index in [2.05, 4.69) is 4.18 Å². The molecule has 9 heteroatoms. The highest BCUT2D eigenvalue weighted by Crippen LogP contribution is 2.51. The molecule has 0 aromatic heterocycles. The topological polar surface area (TPSA) is 61.8 Å². The largest absolute Gasteiger partial charge is 0.534 e. The molecule has 0 saturated heterocycles. The molecule has 2 aromatic carbocycles. The number of hydrogen-bond donors (Lipinski definition) is 0. The van der Waals surface area contributed by atoms with Crippen molar-refractivity contribution in [2.24, 2.45) is 0 Å². The standard InChI is InChI=1S/C18H13F3O5S/c1-24-12-4-2-10(3-5-12)11-8-13-14-6-7-15(25-14)17(13)16(9-11)26-27(22,23)18(19,20)21/h2-9,14-15H,1H3. The summed E-state index contributed by atoms with van der Waals surface area (Å²) >= 11 is 0. The summed E-state index contributed by atoms with van der Waals surface area (Å²) in [6.45, 7) is 0. The van der Waals surface area contributed by atoms with E-state index in [1.165, 1.54) is 13.2 Å². The zero-order valence-electron chi connectivity index (χ0n) is 13.9. The van der Waals surface area contributed by atoms with Gasteiger partial charge < -0.3 is 13.7 Å². The Labute approximate surface area is 153 Å². The summed E-state index contributed by atoms with van der Waals surface area (Å²) in [7, 11) is -4.29. The first-order valence-electron chi connectivity index (χ1n) is 7.86. The molecule has 2 heterocycles. The number of hydrogen-bond acceptors (Lipinski definition) is 5. The maximum atomic E-state index is 12.8. The number of fused-ring (bicyclic) bond motifs is 5. The van der Waals surface area contributed by atoms with Crippen molar-refractivity contribution in [2.45, 2.75) is 17.7 Å². The predicted octanol–water partition coefficient (Wildman–Crippen LogP) is 4.27. The second-order valence-electron chi connectivity index (χ2n) is 6.05. The lowest BCUT2D eigenvalue weighted by molar-refractivity contribution is -0.0500. The minimum absolute atomic E-state index is 0.299. The third-order valence-electron chi connectivity index (χ3n) is 4.43. The summed E-state index contributed by atoms with van der Waals surface area (Å²) < 4.78 is 76.6. The van der Waals surface area contributed by atoms with E-state index in [4.69, 9.17) is 9.47 Å². The molecule has 0 saturated carbocycles. The molecule has 5 nitrogen and oxygen atoms in total. The minimum atomic E-state index is -5.80. The van der Waals surface area contributed by atoms with Crippen LogP contribution in [0, 0.1) is 0 Å². The quantitative estimate of drug-likeness (QED) is 0.437. The van der Waals surface area contributed by atoms with Crippen molar-refractivity contribution in [3.05, 3.63) is 59.7 Å². The first kappa shape index (κ1) is 17.9. The molecular weight excluding hydrogens is 385 g/mol. The predicted molar refractivity (Wildman–Crippen MR) is 89.7 cm³/mol. The van der Waals surface area contributed by atoms with Crippen molar-refractivity contribution in [3.63, 3.8) is 0 Å². The van der Waals surface area contributed by atoms with E-state index in [1.807, 2.05) is 0 Å². The van der Waals surface area contributed by atoms with Gasteiger partial charge in [-0.1, -0.05) is 24.3 Å². The van der Waals surface area contributed by atoms with Crippen molar-refractivity contribution in [1.82, 2.24) is 0 Å². The van der Waals surface area contributed by atoms with Crippen LogP contribution in [0.2, 0.25) is 0 Å². The molecule has 27 heavy (non-hydrogen) atoms. The summed E-state index contributed by atoms with van der Waals surface area (Å²) in [5.41, 5.74) is -3.46. The first-order chi connectivity index (χ1) is 12.7. The van der Waals surface area contributed by atoms with Crippen LogP contribution in [0.4, 0.5) is 13.2 Å². The Balaban J connectivity index is 1.83. The van der Waals surface area contributed by atoms with Gasteiger partial charge in [0.1, 0.15) is 23.7 Å². The number of methoxy groups -OCH3 is 1. The van der Waals surface area contributed by atoms with Crippen LogP contribution in [0.5, 0.6) is 11.5 Å². The first-order valence-corrected chi connectivity index (χ1v) is 9.27. The Bertz CT molecular complexity index is 1030. The fraction of sp³-hybridized carbons (Fsp3) is 0.222. The summed E-state index contributed by atoms with van der Waals surface area (Å²) in [6.07, 6.45) is 2.35. The maximum absolute atomic E-state index is 12.8. The van der Waals surface area contributed by atoms with Gasteiger partial charge in [-0.05, 0) is 41.0 Å². The number of ether oxygens (including phenoxy) is 2. The van der Waals surface area contributed by atoms with Crippen molar-refractivity contribution < 1.29 is 35.2 Å². The SMILES string of the molecule is COc1ccc(-c2cc(OS(=O)(=O)C(F)(F)F)c3c(c2)C2C=CC3O2)cc1. The maximum Gasteiger partial charge on any atom is 0.534 e. The molecule has 0 spiro atoms. The summed E-state index contributed by atoms with van der Waals surface area (Å²) in [4.78, 5) is 0. The van der Waals surface area contributed by atoms with Gasteiger partial charge in [-0.15, -0.1) is 0 Å². The molecule has 2 aromatic rings. The highest BCUT2D eigenvalue weighted by atomic mass is 32.2. The van der Waals surface area contributed by atoms with Crippen molar-refractivity contribution in [1.29, 1.82) is 0 Å². The number of halogens is 3. The Morgan fingerprint density at radius 1 is 1.00 bits per heavy atom. The number of alkyl halides is 3. The second-order valence-corrected chi connectivity index (χ2v) is 7.59. The molecule has 2 aliphatic rings. The van der Waals surface area contributed by atoms with E-state index in [1.54, 1.807) is 42.5 Å². The highest BCUT2D eigenvalue weighted by molar-refractivity contribution is 7.88. The van der Waals surface area contributed by atoms with E-state index in [-0.39, 0.29) is 5.75 Å². The summed E-state index contributed by atoms with van der Waals surface area (Å²) in [6, 6.07) is 9.86. The van der Waals surface area contributed by atoms with Gasteiger partial charge in [0, 0.05) is 5.56 Å². The van der Waals surface area contributed by atoms with Crippen molar-refractivity contribution in [3.8, 4) is 22.6 Å². The Kier molecular flexibility index (Phi) is 3.97. The lowest BCUT2D eigenvalue weighted by Crippen LogP contribution is -2.28. The monoisotopic (exact) mass is 398 g/mol. The smallest absolute Gasteiger partial charge is 0.497 e. The average molecular weight is 398 g/mol. The van der Waals surface area contributed by atoms with Gasteiger partial charge in [0.25, 0.3) is 0 Å². The van der Waals surface area contributed by atoms with Gasteiger partial charge in [-0.3, -0.25) is 0 Å². The van der Waals surface area contributed by atoms with Gasteiger partial charge in [0.05, 0.1) is 7.11 Å². The van der Waals surface area contributed by atoms with Gasteiger partial charge >= 0.3 is 15.6 Å². The van der Waals surface area contributed by atoms with Gasteiger partial charge in [-0.2, -0.15) is 21.6 Å². The molecule has 142 valence electrons. The lowest BCUT2D eigenvalue weighted by atomic mass is 9.92. The third kappa shape index (κ3) is 2.96.